The van der Waals surface area contributed by atoms with E-state index in [4.69, 9.17) is 9.47 Å². The molecule has 0 atom stereocenters. The topological polar surface area (TPSA) is 93.6 Å². The van der Waals surface area contributed by atoms with E-state index in [2.05, 4.69) is 15.3 Å². The van der Waals surface area contributed by atoms with Crippen LogP contribution in [-0.4, -0.2) is 27.8 Å². The van der Waals surface area contributed by atoms with E-state index in [1.807, 2.05) is 24.3 Å². The second-order valence-corrected chi connectivity index (χ2v) is 6.11. The Hall–Kier alpha value is -3.87. The van der Waals surface area contributed by atoms with Crippen LogP contribution in [0.15, 0.2) is 54.9 Å². The number of aromatic nitrogens is 2. The third kappa shape index (κ3) is 2.56. The number of anilines is 2. The average Bonchev–Trinajstić information content (AvgIpc) is 3.15. The Morgan fingerprint density at radius 2 is 1.89 bits per heavy atom. The first kappa shape index (κ1) is 15.4. The fourth-order valence-corrected chi connectivity index (χ4v) is 3.19. The minimum atomic E-state index is -0.990. The third-order valence-electron chi connectivity index (χ3n) is 4.48. The molecule has 2 aromatic carbocycles. The summed E-state index contributed by atoms with van der Waals surface area (Å²) in [5.41, 5.74) is 1.56. The van der Waals surface area contributed by atoms with Crippen molar-refractivity contribution in [1.82, 2.24) is 9.97 Å². The zero-order valence-corrected chi connectivity index (χ0v) is 14.0. The summed E-state index contributed by atoms with van der Waals surface area (Å²) >= 11 is 0. The Morgan fingerprint density at radius 1 is 1.00 bits per heavy atom. The Morgan fingerprint density at radius 3 is 2.78 bits per heavy atom. The van der Waals surface area contributed by atoms with Crippen LogP contribution in [0.5, 0.6) is 11.5 Å². The number of benzene rings is 2. The summed E-state index contributed by atoms with van der Waals surface area (Å²) in [4.78, 5) is 20.2. The minimum Gasteiger partial charge on any atom is -0.478 e. The molecular formula is C20H13N3O4. The van der Waals surface area contributed by atoms with E-state index in [9.17, 15) is 9.90 Å². The van der Waals surface area contributed by atoms with E-state index in [1.54, 1.807) is 30.6 Å². The minimum absolute atomic E-state index is 0.187. The lowest BCUT2D eigenvalue weighted by atomic mass is 10.1. The van der Waals surface area contributed by atoms with E-state index in [1.165, 1.54) is 0 Å². The van der Waals surface area contributed by atoms with Gasteiger partial charge < -0.3 is 19.9 Å². The number of nitrogens with one attached hydrogen (secondary N) is 1. The van der Waals surface area contributed by atoms with Crippen molar-refractivity contribution in [2.75, 3.05) is 12.1 Å². The van der Waals surface area contributed by atoms with Crippen LogP contribution in [0.3, 0.4) is 0 Å². The van der Waals surface area contributed by atoms with Gasteiger partial charge in [0.1, 0.15) is 5.82 Å². The molecule has 132 valence electrons. The van der Waals surface area contributed by atoms with Gasteiger partial charge in [-0.3, -0.25) is 4.98 Å². The molecule has 4 aromatic rings. The summed E-state index contributed by atoms with van der Waals surface area (Å²) in [6, 6.07) is 12.3. The standard InChI is InChI=1S/C20H13N3O4/c24-20(25)11-1-3-13-15-9-21-6-5-14(15)19(23-16(13)7-11)22-12-2-4-17-18(8-12)27-10-26-17/h1-9H,10H2,(H,22,23)(H,24,25). The molecule has 0 spiro atoms. The average molecular weight is 359 g/mol. The molecule has 27 heavy (non-hydrogen) atoms. The van der Waals surface area contributed by atoms with Gasteiger partial charge in [-0.25, -0.2) is 9.78 Å². The SMILES string of the molecule is O=C(O)c1ccc2c(c1)nc(Nc1ccc3c(c1)OCO3)c1ccncc12. The van der Waals surface area contributed by atoms with Crippen molar-refractivity contribution in [3.63, 3.8) is 0 Å². The van der Waals surface area contributed by atoms with Gasteiger partial charge in [-0.15, -0.1) is 0 Å². The zero-order chi connectivity index (χ0) is 18.4. The quantitative estimate of drug-likeness (QED) is 0.535. The summed E-state index contributed by atoms with van der Waals surface area (Å²) in [5, 5.41) is 15.2. The molecule has 2 aromatic heterocycles. The molecule has 0 bridgehead atoms. The maximum Gasteiger partial charge on any atom is 0.335 e. The molecule has 7 heteroatoms. The van der Waals surface area contributed by atoms with Gasteiger partial charge in [-0.05, 0) is 30.3 Å². The van der Waals surface area contributed by atoms with Crippen molar-refractivity contribution >= 4 is 39.1 Å². The van der Waals surface area contributed by atoms with Crippen LogP contribution < -0.4 is 14.8 Å². The Kier molecular flexibility index (Phi) is 3.33. The van der Waals surface area contributed by atoms with Gasteiger partial charge in [0.15, 0.2) is 11.5 Å². The Bertz CT molecular complexity index is 1220. The van der Waals surface area contributed by atoms with Crippen molar-refractivity contribution in [2.24, 2.45) is 0 Å². The molecule has 1 aliphatic rings. The predicted molar refractivity (Wildman–Crippen MR) is 99.9 cm³/mol. The maximum atomic E-state index is 11.3. The largest absolute Gasteiger partial charge is 0.478 e. The van der Waals surface area contributed by atoms with Crippen molar-refractivity contribution in [1.29, 1.82) is 0 Å². The number of carboxylic acids is 1. The van der Waals surface area contributed by atoms with Gasteiger partial charge in [-0.1, -0.05) is 6.07 Å². The second-order valence-electron chi connectivity index (χ2n) is 6.11. The van der Waals surface area contributed by atoms with Gasteiger partial charge >= 0.3 is 5.97 Å². The Balaban J connectivity index is 1.68. The first-order valence-electron chi connectivity index (χ1n) is 8.26. The highest BCUT2D eigenvalue weighted by atomic mass is 16.7. The van der Waals surface area contributed by atoms with Crippen molar-refractivity contribution in [3.8, 4) is 11.5 Å². The number of carboxylic acid groups (broad SMARTS) is 1. The van der Waals surface area contributed by atoms with E-state index in [0.29, 0.717) is 22.8 Å². The summed E-state index contributed by atoms with van der Waals surface area (Å²) in [6.07, 6.45) is 3.46. The number of aromatic carboxylic acids is 1. The number of fused-ring (bicyclic) bond motifs is 4. The smallest absolute Gasteiger partial charge is 0.335 e. The highest BCUT2D eigenvalue weighted by Gasteiger charge is 2.15. The van der Waals surface area contributed by atoms with Gasteiger partial charge in [0.25, 0.3) is 0 Å². The van der Waals surface area contributed by atoms with Crippen molar-refractivity contribution < 1.29 is 19.4 Å². The molecule has 0 fully saturated rings. The van der Waals surface area contributed by atoms with Crippen molar-refractivity contribution in [3.05, 3.63) is 60.4 Å². The summed E-state index contributed by atoms with van der Waals surface area (Å²) in [5.74, 6) is 0.990. The molecule has 7 nitrogen and oxygen atoms in total. The number of hydrogen-bond donors (Lipinski definition) is 2. The molecule has 0 amide bonds. The normalized spacial score (nSPS) is 12.4. The van der Waals surface area contributed by atoms with Gasteiger partial charge in [0, 0.05) is 40.3 Å². The van der Waals surface area contributed by atoms with E-state index >= 15 is 0 Å². The third-order valence-corrected chi connectivity index (χ3v) is 4.48. The van der Waals surface area contributed by atoms with Gasteiger partial charge in [-0.2, -0.15) is 0 Å². The number of carbonyl (C=O) groups is 1. The lowest BCUT2D eigenvalue weighted by Gasteiger charge is -2.12. The zero-order valence-electron chi connectivity index (χ0n) is 14.0. The summed E-state index contributed by atoms with van der Waals surface area (Å²) in [6.45, 7) is 0.208. The van der Waals surface area contributed by atoms with Crippen LogP contribution in [0.25, 0.3) is 21.7 Å². The van der Waals surface area contributed by atoms with Gasteiger partial charge in [0.2, 0.25) is 6.79 Å². The predicted octanol–water partition coefficient (Wildman–Crippen LogP) is 3.95. The lowest BCUT2D eigenvalue weighted by molar-refractivity contribution is 0.0697. The molecule has 1 aliphatic heterocycles. The maximum absolute atomic E-state index is 11.3. The van der Waals surface area contributed by atoms with E-state index < -0.39 is 5.97 Å². The van der Waals surface area contributed by atoms with Crippen LogP contribution in [0.1, 0.15) is 10.4 Å². The first-order chi connectivity index (χ1) is 13.2. The van der Waals surface area contributed by atoms with E-state index in [0.717, 1.165) is 21.8 Å². The monoisotopic (exact) mass is 359 g/mol. The van der Waals surface area contributed by atoms with Gasteiger partial charge in [0.05, 0.1) is 11.1 Å². The highest BCUT2D eigenvalue weighted by molar-refractivity contribution is 6.11. The molecule has 0 radical (unpaired) electrons. The number of ether oxygens (including phenoxy) is 2. The lowest BCUT2D eigenvalue weighted by Crippen LogP contribution is -1.99. The second kappa shape index (κ2) is 5.84. The molecule has 0 saturated carbocycles. The van der Waals surface area contributed by atoms with E-state index in [-0.39, 0.29) is 12.4 Å². The summed E-state index contributed by atoms with van der Waals surface area (Å²) < 4.78 is 10.8. The summed E-state index contributed by atoms with van der Waals surface area (Å²) in [7, 11) is 0. The highest BCUT2D eigenvalue weighted by Crippen LogP contribution is 2.36. The van der Waals surface area contributed by atoms with Crippen LogP contribution in [-0.2, 0) is 0 Å². The van der Waals surface area contributed by atoms with Crippen molar-refractivity contribution in [2.45, 2.75) is 0 Å². The molecular weight excluding hydrogens is 346 g/mol. The van der Waals surface area contributed by atoms with Crippen LogP contribution in [0.4, 0.5) is 11.5 Å². The van der Waals surface area contributed by atoms with Crippen LogP contribution in [0, 0.1) is 0 Å². The molecule has 3 heterocycles. The molecule has 0 aliphatic carbocycles. The fourth-order valence-electron chi connectivity index (χ4n) is 3.19. The Labute approximate surface area is 153 Å². The molecule has 5 rings (SSSR count). The number of rotatable bonds is 3. The molecule has 2 N–H and O–H groups in total. The molecule has 0 unspecified atom stereocenters. The first-order valence-corrected chi connectivity index (χ1v) is 8.26. The molecule has 0 saturated heterocycles. The number of pyridine rings is 2. The van der Waals surface area contributed by atoms with Crippen LogP contribution >= 0.6 is 0 Å². The number of hydrogen-bond acceptors (Lipinski definition) is 6. The fraction of sp³-hybridized carbons (Fsp3) is 0.0500. The van der Waals surface area contributed by atoms with Crippen LogP contribution in [0.2, 0.25) is 0 Å². The number of nitrogens with zero attached hydrogens (tertiary/aromatic N) is 2.